The highest BCUT2D eigenvalue weighted by Gasteiger charge is 2.14. The van der Waals surface area contributed by atoms with Gasteiger partial charge in [0.1, 0.15) is 0 Å². The predicted octanol–water partition coefficient (Wildman–Crippen LogP) is 4.72. The number of aryl methyl sites for hydroxylation is 1. The third kappa shape index (κ3) is 2.29. The topological polar surface area (TPSA) is 32.9 Å². The van der Waals surface area contributed by atoms with Gasteiger partial charge in [-0.15, -0.1) is 0 Å². The lowest BCUT2D eigenvalue weighted by atomic mass is 10.0. The predicted molar refractivity (Wildman–Crippen MR) is 85.3 cm³/mol. The third-order valence-electron chi connectivity index (χ3n) is 3.51. The van der Waals surface area contributed by atoms with Crippen LogP contribution in [0, 0.1) is 0 Å². The van der Waals surface area contributed by atoms with Crippen LogP contribution in [0.5, 0.6) is 0 Å². The van der Waals surface area contributed by atoms with Crippen molar-refractivity contribution in [3.8, 4) is 0 Å². The first-order valence-electron chi connectivity index (χ1n) is 6.59. The number of halogens is 1. The Morgan fingerprint density at radius 1 is 1.15 bits per heavy atom. The van der Waals surface area contributed by atoms with E-state index in [2.05, 4.69) is 27.8 Å². The van der Waals surface area contributed by atoms with Crippen LogP contribution in [0.15, 0.2) is 53.1 Å². The van der Waals surface area contributed by atoms with Gasteiger partial charge in [0.05, 0.1) is 0 Å². The number of carbonyl (C=O) groups is 1. The average molecular weight is 328 g/mol. The van der Waals surface area contributed by atoms with Crippen LogP contribution in [0.3, 0.4) is 0 Å². The Bertz CT molecular complexity index is 771. The fraction of sp³-hybridized carbons (Fsp3) is 0.118. The minimum atomic E-state index is 0.0567. The van der Waals surface area contributed by atoms with Crippen LogP contribution < -0.4 is 0 Å². The highest BCUT2D eigenvalue weighted by molar-refractivity contribution is 9.10. The minimum absolute atomic E-state index is 0.0567. The van der Waals surface area contributed by atoms with E-state index in [0.29, 0.717) is 0 Å². The molecule has 1 heterocycles. The van der Waals surface area contributed by atoms with Crippen LogP contribution in [-0.2, 0) is 6.42 Å². The number of carbonyl (C=O) groups excluding carboxylic acids is 1. The maximum atomic E-state index is 12.6. The molecule has 0 saturated heterocycles. The molecule has 3 heteroatoms. The van der Waals surface area contributed by atoms with Crippen molar-refractivity contribution in [3.05, 3.63) is 69.8 Å². The molecule has 2 nitrogen and oxygen atoms in total. The van der Waals surface area contributed by atoms with Crippen LogP contribution >= 0.6 is 15.9 Å². The zero-order chi connectivity index (χ0) is 14.1. The maximum absolute atomic E-state index is 12.6. The van der Waals surface area contributed by atoms with E-state index >= 15 is 0 Å². The van der Waals surface area contributed by atoms with Gasteiger partial charge in [-0.3, -0.25) is 4.79 Å². The van der Waals surface area contributed by atoms with Crippen molar-refractivity contribution in [1.82, 2.24) is 4.98 Å². The first kappa shape index (κ1) is 13.1. The molecule has 3 rings (SSSR count). The molecule has 20 heavy (non-hydrogen) atoms. The van der Waals surface area contributed by atoms with Gasteiger partial charge in [-0.05, 0) is 24.1 Å². The van der Waals surface area contributed by atoms with Gasteiger partial charge in [0, 0.05) is 32.7 Å². The van der Waals surface area contributed by atoms with Gasteiger partial charge < -0.3 is 4.98 Å². The van der Waals surface area contributed by atoms with Crippen molar-refractivity contribution >= 4 is 32.6 Å². The van der Waals surface area contributed by atoms with E-state index in [9.17, 15) is 4.79 Å². The van der Waals surface area contributed by atoms with Crippen LogP contribution in [0.4, 0.5) is 0 Å². The number of aromatic nitrogens is 1. The number of hydrogen-bond donors (Lipinski definition) is 1. The summed E-state index contributed by atoms with van der Waals surface area (Å²) in [7, 11) is 0. The quantitative estimate of drug-likeness (QED) is 0.693. The van der Waals surface area contributed by atoms with Gasteiger partial charge in [-0.1, -0.05) is 53.2 Å². The van der Waals surface area contributed by atoms with Crippen molar-refractivity contribution in [3.63, 3.8) is 0 Å². The summed E-state index contributed by atoms with van der Waals surface area (Å²) >= 11 is 3.43. The molecule has 100 valence electrons. The molecule has 3 aromatic rings. The molecule has 0 aliphatic carbocycles. The zero-order valence-corrected chi connectivity index (χ0v) is 12.7. The number of benzene rings is 2. The van der Waals surface area contributed by atoms with Crippen molar-refractivity contribution in [2.75, 3.05) is 0 Å². The van der Waals surface area contributed by atoms with E-state index in [-0.39, 0.29) is 5.78 Å². The SMILES string of the molecule is CCc1ccc(C(=O)c2c[nH]c3cc(Br)ccc23)cc1. The van der Waals surface area contributed by atoms with Gasteiger partial charge in [0.25, 0.3) is 0 Å². The van der Waals surface area contributed by atoms with E-state index < -0.39 is 0 Å². The Kier molecular flexibility index (Phi) is 3.45. The molecule has 0 atom stereocenters. The lowest BCUT2D eigenvalue weighted by Crippen LogP contribution is -2.00. The second-order valence-electron chi connectivity index (χ2n) is 4.77. The average Bonchev–Trinajstić information content (AvgIpc) is 2.89. The Labute approximate surface area is 126 Å². The molecule has 0 bridgehead atoms. The summed E-state index contributed by atoms with van der Waals surface area (Å²) in [6.45, 7) is 2.11. The van der Waals surface area contributed by atoms with Crippen molar-refractivity contribution in [2.45, 2.75) is 13.3 Å². The Morgan fingerprint density at radius 3 is 2.60 bits per heavy atom. The summed E-state index contributed by atoms with van der Waals surface area (Å²) in [5.41, 5.74) is 3.65. The second kappa shape index (κ2) is 5.25. The van der Waals surface area contributed by atoms with Gasteiger partial charge in [0.15, 0.2) is 5.78 Å². The van der Waals surface area contributed by atoms with Crippen LogP contribution in [0.1, 0.15) is 28.4 Å². The molecule has 0 amide bonds. The first-order chi connectivity index (χ1) is 9.69. The number of ketones is 1. The van der Waals surface area contributed by atoms with Crippen molar-refractivity contribution < 1.29 is 4.79 Å². The van der Waals surface area contributed by atoms with Gasteiger partial charge in [-0.25, -0.2) is 0 Å². The molecule has 0 spiro atoms. The smallest absolute Gasteiger partial charge is 0.195 e. The van der Waals surface area contributed by atoms with E-state index in [4.69, 9.17) is 0 Å². The number of aromatic amines is 1. The summed E-state index contributed by atoms with van der Waals surface area (Å²) < 4.78 is 0.998. The van der Waals surface area contributed by atoms with Crippen molar-refractivity contribution in [2.24, 2.45) is 0 Å². The third-order valence-corrected chi connectivity index (χ3v) is 4.01. The fourth-order valence-corrected chi connectivity index (χ4v) is 2.69. The molecule has 2 aromatic carbocycles. The molecule has 0 fully saturated rings. The molecule has 0 radical (unpaired) electrons. The molecular formula is C17H14BrNO. The Hall–Kier alpha value is -1.87. The number of rotatable bonds is 3. The summed E-state index contributed by atoms with van der Waals surface area (Å²) in [5.74, 6) is 0.0567. The zero-order valence-electron chi connectivity index (χ0n) is 11.1. The summed E-state index contributed by atoms with van der Waals surface area (Å²) in [5, 5.41) is 0.956. The second-order valence-corrected chi connectivity index (χ2v) is 5.69. The largest absolute Gasteiger partial charge is 0.360 e. The van der Waals surface area contributed by atoms with E-state index in [1.165, 1.54) is 5.56 Å². The van der Waals surface area contributed by atoms with Gasteiger partial charge >= 0.3 is 0 Å². The summed E-state index contributed by atoms with van der Waals surface area (Å²) in [6, 6.07) is 13.7. The van der Waals surface area contributed by atoms with Crippen LogP contribution in [0.25, 0.3) is 10.9 Å². The molecule has 0 saturated carbocycles. The van der Waals surface area contributed by atoms with E-state index in [1.54, 1.807) is 6.20 Å². The fourth-order valence-electron chi connectivity index (χ4n) is 2.33. The summed E-state index contributed by atoms with van der Waals surface area (Å²) in [4.78, 5) is 15.7. The number of nitrogens with one attached hydrogen (secondary N) is 1. The Morgan fingerprint density at radius 2 is 1.90 bits per heavy atom. The lowest BCUT2D eigenvalue weighted by Gasteiger charge is -2.02. The van der Waals surface area contributed by atoms with Crippen LogP contribution in [0.2, 0.25) is 0 Å². The molecule has 0 aliphatic heterocycles. The lowest BCUT2D eigenvalue weighted by molar-refractivity contribution is 0.104. The molecule has 1 aromatic heterocycles. The maximum Gasteiger partial charge on any atom is 0.195 e. The molecular weight excluding hydrogens is 314 g/mol. The highest BCUT2D eigenvalue weighted by atomic mass is 79.9. The first-order valence-corrected chi connectivity index (χ1v) is 7.38. The van der Waals surface area contributed by atoms with E-state index in [0.717, 1.165) is 32.9 Å². The van der Waals surface area contributed by atoms with E-state index in [1.807, 2.05) is 42.5 Å². The number of hydrogen-bond acceptors (Lipinski definition) is 1. The molecule has 0 unspecified atom stereocenters. The number of fused-ring (bicyclic) bond motifs is 1. The Balaban J connectivity index is 2.03. The minimum Gasteiger partial charge on any atom is -0.360 e. The molecule has 1 N–H and O–H groups in total. The normalized spacial score (nSPS) is 10.9. The standard InChI is InChI=1S/C17H14BrNO/c1-2-11-3-5-12(6-4-11)17(20)15-10-19-16-9-13(18)7-8-14(15)16/h3-10,19H,2H2,1H3. The van der Waals surface area contributed by atoms with Crippen molar-refractivity contribution in [1.29, 1.82) is 0 Å². The molecule has 0 aliphatic rings. The highest BCUT2D eigenvalue weighted by Crippen LogP contribution is 2.24. The van der Waals surface area contributed by atoms with Crippen LogP contribution in [-0.4, -0.2) is 10.8 Å². The van der Waals surface area contributed by atoms with Gasteiger partial charge in [0.2, 0.25) is 0 Å². The van der Waals surface area contributed by atoms with Gasteiger partial charge in [-0.2, -0.15) is 0 Å². The number of H-pyrrole nitrogens is 1. The summed E-state index contributed by atoms with van der Waals surface area (Å²) in [6.07, 6.45) is 2.77. The monoisotopic (exact) mass is 327 g/mol.